The number of piperidine rings is 1. The first kappa shape index (κ1) is 16.2. The molecule has 0 radical (unpaired) electrons. The summed E-state index contributed by atoms with van der Waals surface area (Å²) in [5.74, 6) is -0.437. The molecule has 0 spiro atoms. The second kappa shape index (κ2) is 7.75. The Morgan fingerprint density at radius 1 is 1.25 bits per heavy atom. The number of anilines is 2. The molecule has 24 heavy (non-hydrogen) atoms. The lowest BCUT2D eigenvalue weighted by atomic mass is 10.1. The van der Waals surface area contributed by atoms with Gasteiger partial charge in [-0.15, -0.1) is 11.3 Å². The summed E-state index contributed by atoms with van der Waals surface area (Å²) in [5.41, 5.74) is 2.09. The third-order valence-electron chi connectivity index (χ3n) is 3.94. The van der Waals surface area contributed by atoms with Gasteiger partial charge in [0.2, 0.25) is 0 Å². The maximum absolute atomic E-state index is 12.1. The van der Waals surface area contributed by atoms with Crippen LogP contribution in [0, 0.1) is 11.3 Å². The van der Waals surface area contributed by atoms with Crippen molar-refractivity contribution in [2.75, 3.05) is 23.3 Å². The zero-order valence-electron chi connectivity index (χ0n) is 13.2. The molecule has 2 aromatic rings. The van der Waals surface area contributed by atoms with Crippen molar-refractivity contribution in [2.24, 2.45) is 0 Å². The molecule has 2 heterocycles. The van der Waals surface area contributed by atoms with Gasteiger partial charge in [0, 0.05) is 30.4 Å². The lowest BCUT2D eigenvalue weighted by Gasteiger charge is -2.28. The van der Waals surface area contributed by atoms with Crippen molar-refractivity contribution in [3.8, 4) is 6.07 Å². The minimum Gasteiger partial charge on any atom is -0.372 e. The van der Waals surface area contributed by atoms with Gasteiger partial charge in [0.05, 0.1) is 0 Å². The summed E-state index contributed by atoms with van der Waals surface area (Å²) in [4.78, 5) is 18.5. The molecule has 0 bridgehead atoms. The predicted molar refractivity (Wildman–Crippen MR) is 96.8 cm³/mol. The van der Waals surface area contributed by atoms with Gasteiger partial charge in [-0.2, -0.15) is 5.26 Å². The van der Waals surface area contributed by atoms with E-state index in [4.69, 9.17) is 0 Å². The molecule has 1 aromatic carbocycles. The van der Waals surface area contributed by atoms with Gasteiger partial charge in [0.15, 0.2) is 5.13 Å². The standard InChI is InChI=1S/C18H18N4OS/c19-13-15(17(23)21-18-20-8-11-24-18)12-14-4-6-16(7-5-14)22-9-2-1-3-10-22/h4-8,11-12H,1-3,9-10H2,(H,20,21,23)/b15-12-. The highest BCUT2D eigenvalue weighted by Crippen LogP contribution is 2.21. The molecule has 0 atom stereocenters. The van der Waals surface area contributed by atoms with Gasteiger partial charge in [-0.25, -0.2) is 4.98 Å². The second-order valence-corrected chi connectivity index (χ2v) is 6.50. The number of aromatic nitrogens is 1. The van der Waals surface area contributed by atoms with E-state index in [0.29, 0.717) is 5.13 Å². The van der Waals surface area contributed by atoms with Crippen LogP contribution in [0.25, 0.3) is 6.08 Å². The Morgan fingerprint density at radius 3 is 2.62 bits per heavy atom. The molecule has 122 valence electrons. The van der Waals surface area contributed by atoms with E-state index in [1.807, 2.05) is 30.3 Å². The molecule has 1 amide bonds. The fourth-order valence-corrected chi connectivity index (χ4v) is 3.22. The highest BCUT2D eigenvalue weighted by Gasteiger charge is 2.12. The van der Waals surface area contributed by atoms with Gasteiger partial charge in [-0.3, -0.25) is 10.1 Å². The normalized spacial score (nSPS) is 15.0. The molecule has 1 N–H and O–H groups in total. The smallest absolute Gasteiger partial charge is 0.268 e. The van der Waals surface area contributed by atoms with Crippen molar-refractivity contribution in [1.29, 1.82) is 5.26 Å². The summed E-state index contributed by atoms with van der Waals surface area (Å²) in [6, 6.07) is 9.93. The van der Waals surface area contributed by atoms with Crippen LogP contribution in [0.4, 0.5) is 10.8 Å². The van der Waals surface area contributed by atoms with Crippen molar-refractivity contribution in [3.63, 3.8) is 0 Å². The second-order valence-electron chi connectivity index (χ2n) is 5.60. The molecule has 3 rings (SSSR count). The van der Waals surface area contributed by atoms with E-state index >= 15 is 0 Å². The SMILES string of the molecule is N#C/C(=C/c1ccc(N2CCCCC2)cc1)C(=O)Nc1nccs1. The summed E-state index contributed by atoms with van der Waals surface area (Å²) >= 11 is 1.32. The van der Waals surface area contributed by atoms with Crippen LogP contribution in [0.5, 0.6) is 0 Å². The zero-order chi connectivity index (χ0) is 16.8. The number of carbonyl (C=O) groups excluding carboxylic acids is 1. The number of nitriles is 1. The number of amides is 1. The molecule has 0 aliphatic carbocycles. The summed E-state index contributed by atoms with van der Waals surface area (Å²) < 4.78 is 0. The molecule has 1 saturated heterocycles. The molecule has 6 heteroatoms. The van der Waals surface area contributed by atoms with Gasteiger partial charge in [0.25, 0.3) is 5.91 Å². The highest BCUT2D eigenvalue weighted by molar-refractivity contribution is 7.13. The van der Waals surface area contributed by atoms with Crippen molar-refractivity contribution < 1.29 is 4.79 Å². The molecule has 0 saturated carbocycles. The summed E-state index contributed by atoms with van der Waals surface area (Å²) in [6.45, 7) is 2.18. The topological polar surface area (TPSA) is 69.0 Å². The van der Waals surface area contributed by atoms with Gasteiger partial charge in [-0.1, -0.05) is 12.1 Å². The minimum atomic E-state index is -0.437. The molecule has 1 fully saturated rings. The third-order valence-corrected chi connectivity index (χ3v) is 4.63. The Hall–Kier alpha value is -2.65. The Labute approximate surface area is 145 Å². The number of hydrogen-bond donors (Lipinski definition) is 1. The summed E-state index contributed by atoms with van der Waals surface area (Å²) in [6.07, 6.45) is 6.98. The molecular formula is C18H18N4OS. The average molecular weight is 338 g/mol. The maximum atomic E-state index is 12.1. The van der Waals surface area contributed by atoms with Crippen LogP contribution >= 0.6 is 11.3 Å². The van der Waals surface area contributed by atoms with Gasteiger partial charge >= 0.3 is 0 Å². The highest BCUT2D eigenvalue weighted by atomic mass is 32.1. The zero-order valence-corrected chi connectivity index (χ0v) is 14.1. The number of nitrogens with zero attached hydrogens (tertiary/aromatic N) is 3. The number of nitrogens with one attached hydrogen (secondary N) is 1. The average Bonchev–Trinajstić information content (AvgIpc) is 3.14. The molecule has 5 nitrogen and oxygen atoms in total. The summed E-state index contributed by atoms with van der Waals surface area (Å²) in [7, 11) is 0. The lowest BCUT2D eigenvalue weighted by molar-refractivity contribution is -0.112. The number of hydrogen-bond acceptors (Lipinski definition) is 5. The Kier molecular flexibility index (Phi) is 5.24. The molecular weight excluding hydrogens is 320 g/mol. The van der Waals surface area contributed by atoms with Gasteiger partial charge in [-0.05, 0) is 43.0 Å². The Bertz CT molecular complexity index is 753. The van der Waals surface area contributed by atoms with Crippen LogP contribution < -0.4 is 10.2 Å². The molecule has 1 aliphatic rings. The molecule has 1 aliphatic heterocycles. The van der Waals surface area contributed by atoms with E-state index in [1.54, 1.807) is 17.7 Å². The lowest BCUT2D eigenvalue weighted by Crippen LogP contribution is -2.29. The first-order valence-corrected chi connectivity index (χ1v) is 8.82. The van der Waals surface area contributed by atoms with Gasteiger partial charge < -0.3 is 4.90 Å². The maximum Gasteiger partial charge on any atom is 0.268 e. The Balaban J connectivity index is 1.71. The van der Waals surface area contributed by atoms with E-state index in [-0.39, 0.29) is 5.57 Å². The number of carbonyl (C=O) groups is 1. The van der Waals surface area contributed by atoms with Crippen LogP contribution in [0.3, 0.4) is 0 Å². The van der Waals surface area contributed by atoms with E-state index in [0.717, 1.165) is 18.7 Å². The predicted octanol–water partition coefficient (Wildman–Crippen LogP) is 3.68. The van der Waals surface area contributed by atoms with E-state index in [2.05, 4.69) is 15.2 Å². The fraction of sp³-hybridized carbons (Fsp3) is 0.278. The number of benzene rings is 1. The minimum absolute atomic E-state index is 0.0657. The third kappa shape index (κ3) is 4.00. The largest absolute Gasteiger partial charge is 0.372 e. The van der Waals surface area contributed by atoms with Crippen LogP contribution in [0.15, 0.2) is 41.4 Å². The number of thiazole rings is 1. The van der Waals surface area contributed by atoms with Crippen LogP contribution in [-0.4, -0.2) is 24.0 Å². The van der Waals surface area contributed by atoms with Gasteiger partial charge in [0.1, 0.15) is 11.6 Å². The first-order valence-electron chi connectivity index (χ1n) is 7.94. The van der Waals surface area contributed by atoms with E-state index in [1.165, 1.54) is 36.3 Å². The van der Waals surface area contributed by atoms with E-state index in [9.17, 15) is 10.1 Å². The van der Waals surface area contributed by atoms with Crippen molar-refractivity contribution in [2.45, 2.75) is 19.3 Å². The quantitative estimate of drug-likeness (QED) is 0.682. The summed E-state index contributed by atoms with van der Waals surface area (Å²) in [5, 5.41) is 14.1. The van der Waals surface area contributed by atoms with Crippen molar-refractivity contribution in [1.82, 2.24) is 4.98 Å². The van der Waals surface area contributed by atoms with Crippen molar-refractivity contribution >= 4 is 34.1 Å². The molecule has 1 aromatic heterocycles. The Morgan fingerprint density at radius 2 is 2.00 bits per heavy atom. The fourth-order valence-electron chi connectivity index (χ4n) is 2.70. The van der Waals surface area contributed by atoms with E-state index < -0.39 is 5.91 Å². The van der Waals surface area contributed by atoms with Crippen LogP contribution in [0.2, 0.25) is 0 Å². The first-order chi connectivity index (χ1) is 11.8. The number of rotatable bonds is 4. The van der Waals surface area contributed by atoms with Crippen LogP contribution in [0.1, 0.15) is 24.8 Å². The molecule has 0 unspecified atom stereocenters. The monoisotopic (exact) mass is 338 g/mol. The van der Waals surface area contributed by atoms with Crippen molar-refractivity contribution in [3.05, 3.63) is 47.0 Å². The van der Waals surface area contributed by atoms with Crippen LogP contribution in [-0.2, 0) is 4.79 Å².